The molecule has 4 rings (SSSR count). The lowest BCUT2D eigenvalue weighted by Crippen LogP contribution is -2.00. The predicted octanol–water partition coefficient (Wildman–Crippen LogP) is 2.55. The molecule has 0 bridgehead atoms. The van der Waals surface area contributed by atoms with Crippen LogP contribution in [0.1, 0.15) is 0 Å². The molecule has 4 aromatic rings. The number of anilines is 1. The Kier molecular flexibility index (Phi) is 2.20. The minimum atomic E-state index is 0.702. The Morgan fingerprint density at radius 2 is 1.80 bits per heavy atom. The van der Waals surface area contributed by atoms with Gasteiger partial charge in [-0.3, -0.25) is 0 Å². The summed E-state index contributed by atoms with van der Waals surface area (Å²) in [5.41, 5.74) is 8.51. The lowest BCUT2D eigenvalue weighted by atomic mass is 10.1. The fourth-order valence-electron chi connectivity index (χ4n) is 2.34. The SMILES string of the molecule is Nc1c2ccccc2nc2c1cnn2-c1ccccn1. The molecule has 0 amide bonds. The minimum absolute atomic E-state index is 0.702. The monoisotopic (exact) mass is 261 g/mol. The van der Waals surface area contributed by atoms with Gasteiger partial charge in [-0.25, -0.2) is 9.97 Å². The molecule has 5 heteroatoms. The third-order valence-corrected chi connectivity index (χ3v) is 3.32. The highest BCUT2D eigenvalue weighted by atomic mass is 15.3. The van der Waals surface area contributed by atoms with E-state index in [0.29, 0.717) is 5.69 Å². The maximum atomic E-state index is 6.23. The summed E-state index contributed by atoms with van der Waals surface area (Å²) in [5.74, 6) is 0.727. The molecule has 0 aliphatic heterocycles. The first-order chi connectivity index (χ1) is 9.84. The molecule has 5 nitrogen and oxygen atoms in total. The van der Waals surface area contributed by atoms with E-state index in [0.717, 1.165) is 27.8 Å². The molecule has 0 spiro atoms. The highest BCUT2D eigenvalue weighted by Gasteiger charge is 2.12. The summed E-state index contributed by atoms with van der Waals surface area (Å²) < 4.78 is 1.71. The Labute approximate surface area is 114 Å². The highest BCUT2D eigenvalue weighted by Crippen LogP contribution is 2.28. The molecule has 0 radical (unpaired) electrons. The smallest absolute Gasteiger partial charge is 0.167 e. The fraction of sp³-hybridized carbons (Fsp3) is 0. The first kappa shape index (κ1) is 10.9. The molecule has 3 heterocycles. The highest BCUT2D eigenvalue weighted by molar-refractivity contribution is 6.05. The van der Waals surface area contributed by atoms with Gasteiger partial charge >= 0.3 is 0 Å². The minimum Gasteiger partial charge on any atom is -0.398 e. The summed E-state index contributed by atoms with van der Waals surface area (Å²) in [6.07, 6.45) is 3.46. The number of pyridine rings is 2. The van der Waals surface area contributed by atoms with Gasteiger partial charge in [-0.05, 0) is 18.2 Å². The number of nitrogen functional groups attached to an aromatic ring is 1. The Balaban J connectivity index is 2.11. The number of rotatable bonds is 1. The van der Waals surface area contributed by atoms with E-state index < -0.39 is 0 Å². The van der Waals surface area contributed by atoms with Crippen LogP contribution in [0, 0.1) is 0 Å². The van der Waals surface area contributed by atoms with Gasteiger partial charge in [-0.2, -0.15) is 9.78 Å². The van der Waals surface area contributed by atoms with E-state index in [9.17, 15) is 0 Å². The van der Waals surface area contributed by atoms with Crippen molar-refractivity contribution in [2.45, 2.75) is 0 Å². The van der Waals surface area contributed by atoms with Gasteiger partial charge in [0.05, 0.1) is 22.8 Å². The number of para-hydroxylation sites is 1. The molecule has 0 saturated carbocycles. The van der Waals surface area contributed by atoms with Crippen LogP contribution in [0.15, 0.2) is 54.9 Å². The summed E-state index contributed by atoms with van der Waals surface area (Å²) in [6.45, 7) is 0. The summed E-state index contributed by atoms with van der Waals surface area (Å²) in [4.78, 5) is 8.96. The van der Waals surface area contributed by atoms with Crippen LogP contribution < -0.4 is 5.73 Å². The van der Waals surface area contributed by atoms with E-state index >= 15 is 0 Å². The van der Waals surface area contributed by atoms with E-state index in [-0.39, 0.29) is 0 Å². The molecule has 1 aromatic carbocycles. The van der Waals surface area contributed by atoms with Gasteiger partial charge in [-0.15, -0.1) is 0 Å². The molecule has 0 aliphatic rings. The van der Waals surface area contributed by atoms with Crippen molar-refractivity contribution < 1.29 is 0 Å². The van der Waals surface area contributed by atoms with E-state index in [1.165, 1.54) is 0 Å². The lowest BCUT2D eigenvalue weighted by Gasteiger charge is -2.05. The van der Waals surface area contributed by atoms with Crippen molar-refractivity contribution in [1.29, 1.82) is 0 Å². The number of nitrogens with zero attached hydrogens (tertiary/aromatic N) is 4. The molecule has 0 unspecified atom stereocenters. The topological polar surface area (TPSA) is 69.6 Å². The van der Waals surface area contributed by atoms with Crippen molar-refractivity contribution in [3.63, 3.8) is 0 Å². The van der Waals surface area contributed by atoms with E-state index in [1.54, 1.807) is 17.1 Å². The normalized spacial score (nSPS) is 11.2. The predicted molar refractivity (Wildman–Crippen MR) is 78.6 cm³/mol. The second-order valence-corrected chi connectivity index (χ2v) is 4.52. The van der Waals surface area contributed by atoms with Crippen molar-refractivity contribution in [1.82, 2.24) is 19.7 Å². The maximum Gasteiger partial charge on any atom is 0.167 e. The van der Waals surface area contributed by atoms with Gasteiger partial charge in [0.15, 0.2) is 11.5 Å². The third-order valence-electron chi connectivity index (χ3n) is 3.32. The Bertz CT molecular complexity index is 912. The summed E-state index contributed by atoms with van der Waals surface area (Å²) in [7, 11) is 0. The Morgan fingerprint density at radius 3 is 2.65 bits per heavy atom. The number of benzene rings is 1. The van der Waals surface area contributed by atoms with Gasteiger partial charge in [-0.1, -0.05) is 24.3 Å². The number of nitrogens with two attached hydrogens (primary N) is 1. The maximum absolute atomic E-state index is 6.23. The molecule has 0 atom stereocenters. The van der Waals surface area contributed by atoms with Crippen LogP contribution in [0.25, 0.3) is 27.8 Å². The van der Waals surface area contributed by atoms with Crippen molar-refractivity contribution >= 4 is 27.6 Å². The second kappa shape index (κ2) is 4.03. The zero-order valence-corrected chi connectivity index (χ0v) is 10.6. The standard InChI is InChI=1S/C15H11N5/c16-14-10-5-1-2-6-12(10)19-15-11(14)9-18-20(15)13-7-3-4-8-17-13/h1-9H,(H2,16,19). The van der Waals surface area contributed by atoms with E-state index in [1.807, 2.05) is 42.5 Å². The second-order valence-electron chi connectivity index (χ2n) is 4.52. The van der Waals surface area contributed by atoms with Gasteiger partial charge < -0.3 is 5.73 Å². The molecule has 96 valence electrons. The number of fused-ring (bicyclic) bond motifs is 2. The van der Waals surface area contributed by atoms with E-state index in [2.05, 4.69) is 15.1 Å². The van der Waals surface area contributed by atoms with Crippen LogP contribution >= 0.6 is 0 Å². The van der Waals surface area contributed by atoms with Gasteiger partial charge in [0.25, 0.3) is 0 Å². The van der Waals surface area contributed by atoms with E-state index in [4.69, 9.17) is 5.73 Å². The quantitative estimate of drug-likeness (QED) is 0.571. The Hall–Kier alpha value is -2.95. The number of hydrogen-bond donors (Lipinski definition) is 1. The average Bonchev–Trinajstić information content (AvgIpc) is 2.92. The van der Waals surface area contributed by atoms with Gasteiger partial charge in [0.2, 0.25) is 0 Å². The zero-order chi connectivity index (χ0) is 13.5. The number of hydrogen-bond acceptors (Lipinski definition) is 4. The number of aromatic nitrogens is 4. The largest absolute Gasteiger partial charge is 0.398 e. The van der Waals surface area contributed by atoms with Crippen LogP contribution in [0.3, 0.4) is 0 Å². The summed E-state index contributed by atoms with van der Waals surface area (Å²) >= 11 is 0. The molecular formula is C15H11N5. The lowest BCUT2D eigenvalue weighted by molar-refractivity contribution is 0.865. The molecular weight excluding hydrogens is 250 g/mol. The van der Waals surface area contributed by atoms with Crippen LogP contribution in [-0.2, 0) is 0 Å². The van der Waals surface area contributed by atoms with Crippen LogP contribution in [0.2, 0.25) is 0 Å². The fourth-order valence-corrected chi connectivity index (χ4v) is 2.34. The van der Waals surface area contributed by atoms with Crippen molar-refractivity contribution in [3.05, 3.63) is 54.9 Å². The molecule has 0 aliphatic carbocycles. The zero-order valence-electron chi connectivity index (χ0n) is 10.6. The van der Waals surface area contributed by atoms with Crippen LogP contribution in [0.4, 0.5) is 5.69 Å². The molecule has 20 heavy (non-hydrogen) atoms. The molecule has 0 saturated heterocycles. The molecule has 3 aromatic heterocycles. The van der Waals surface area contributed by atoms with Gasteiger partial charge in [0.1, 0.15) is 0 Å². The summed E-state index contributed by atoms with van der Waals surface area (Å²) in [5, 5.41) is 6.15. The first-order valence-electron chi connectivity index (χ1n) is 6.28. The molecule has 0 fully saturated rings. The van der Waals surface area contributed by atoms with Crippen molar-refractivity contribution in [2.24, 2.45) is 0 Å². The van der Waals surface area contributed by atoms with Crippen molar-refractivity contribution in [3.8, 4) is 5.82 Å². The molecule has 2 N–H and O–H groups in total. The van der Waals surface area contributed by atoms with Crippen molar-refractivity contribution in [2.75, 3.05) is 5.73 Å². The third kappa shape index (κ3) is 1.46. The van der Waals surface area contributed by atoms with Crippen LogP contribution in [0.5, 0.6) is 0 Å². The summed E-state index contributed by atoms with van der Waals surface area (Å²) in [6, 6.07) is 13.5. The first-order valence-corrected chi connectivity index (χ1v) is 6.28. The Morgan fingerprint density at radius 1 is 0.950 bits per heavy atom. The average molecular weight is 261 g/mol. The van der Waals surface area contributed by atoms with Gasteiger partial charge in [0, 0.05) is 11.6 Å². The van der Waals surface area contributed by atoms with Crippen LogP contribution in [-0.4, -0.2) is 19.7 Å².